The molecular weight excluding hydrogens is 322 g/mol. The van der Waals surface area contributed by atoms with E-state index in [1.165, 1.54) is 0 Å². The maximum Gasteiger partial charge on any atom is 0.272 e. The number of aromatic nitrogens is 2. The molecule has 1 aliphatic heterocycles. The number of aromatic amines is 1. The van der Waals surface area contributed by atoms with Gasteiger partial charge in [-0.1, -0.05) is 0 Å². The Morgan fingerprint density at radius 2 is 1.84 bits per heavy atom. The van der Waals surface area contributed by atoms with Gasteiger partial charge in [0.1, 0.15) is 5.69 Å². The molecule has 1 amide bonds. The van der Waals surface area contributed by atoms with Crippen molar-refractivity contribution in [3.63, 3.8) is 0 Å². The van der Waals surface area contributed by atoms with E-state index >= 15 is 0 Å². The summed E-state index contributed by atoms with van der Waals surface area (Å²) in [6, 6.07) is 7.36. The lowest BCUT2D eigenvalue weighted by molar-refractivity contribution is -0.0252. The van der Waals surface area contributed by atoms with Gasteiger partial charge in [-0.2, -0.15) is 5.10 Å². The standard InChI is InChI=1S/C18H23N3O4/c1-11-9-25-10-12(2)21(11)18(22)15-8-14(19-20-15)13-5-6-16(23-3)17(7-13)24-4/h5-8,11-12H,9-10H2,1-4H3,(H,19,20)/t11-,12+. The predicted molar refractivity (Wildman–Crippen MR) is 93.0 cm³/mol. The van der Waals surface area contributed by atoms with Gasteiger partial charge in [0.25, 0.3) is 5.91 Å². The van der Waals surface area contributed by atoms with Gasteiger partial charge in [-0.05, 0) is 38.1 Å². The van der Waals surface area contributed by atoms with Gasteiger partial charge in [-0.25, -0.2) is 0 Å². The lowest BCUT2D eigenvalue weighted by Crippen LogP contribution is -2.52. The molecule has 1 fully saturated rings. The largest absolute Gasteiger partial charge is 0.493 e. The van der Waals surface area contributed by atoms with Crippen LogP contribution >= 0.6 is 0 Å². The summed E-state index contributed by atoms with van der Waals surface area (Å²) in [6.07, 6.45) is 0. The van der Waals surface area contributed by atoms with Crippen LogP contribution in [0, 0.1) is 0 Å². The highest BCUT2D eigenvalue weighted by atomic mass is 16.5. The van der Waals surface area contributed by atoms with Gasteiger partial charge in [0.15, 0.2) is 11.5 Å². The Balaban J connectivity index is 1.86. The van der Waals surface area contributed by atoms with Gasteiger partial charge in [-0.3, -0.25) is 9.89 Å². The second-order valence-corrected chi connectivity index (χ2v) is 6.18. The number of methoxy groups -OCH3 is 2. The Labute approximate surface area is 146 Å². The van der Waals surface area contributed by atoms with Crippen LogP contribution in [-0.2, 0) is 4.74 Å². The molecule has 0 radical (unpaired) electrons. The van der Waals surface area contributed by atoms with Crippen molar-refractivity contribution in [3.8, 4) is 22.8 Å². The third kappa shape index (κ3) is 3.32. The van der Waals surface area contributed by atoms with Crippen molar-refractivity contribution < 1.29 is 19.0 Å². The maximum absolute atomic E-state index is 12.8. The zero-order valence-electron chi connectivity index (χ0n) is 14.9. The molecular formula is C18H23N3O4. The number of ether oxygens (including phenoxy) is 3. The van der Waals surface area contributed by atoms with E-state index in [0.717, 1.165) is 5.56 Å². The SMILES string of the molecule is COc1ccc(-c2cc(C(=O)N3[C@H](C)COC[C@@H]3C)[nH]n2)cc1OC. The van der Waals surface area contributed by atoms with Crippen molar-refractivity contribution >= 4 is 5.91 Å². The van der Waals surface area contributed by atoms with Crippen LogP contribution < -0.4 is 9.47 Å². The highest BCUT2D eigenvalue weighted by Gasteiger charge is 2.31. The topological polar surface area (TPSA) is 76.7 Å². The molecule has 7 heteroatoms. The summed E-state index contributed by atoms with van der Waals surface area (Å²) in [5.74, 6) is 1.20. The van der Waals surface area contributed by atoms with E-state index in [1.54, 1.807) is 20.3 Å². The van der Waals surface area contributed by atoms with Gasteiger partial charge in [0, 0.05) is 5.56 Å². The zero-order chi connectivity index (χ0) is 18.0. The predicted octanol–water partition coefficient (Wildman–Crippen LogP) is 2.34. The fourth-order valence-corrected chi connectivity index (χ4v) is 3.12. The molecule has 1 aromatic heterocycles. The number of hydrogen-bond acceptors (Lipinski definition) is 5. The van der Waals surface area contributed by atoms with Crippen LogP contribution in [-0.4, -0.2) is 60.5 Å². The molecule has 0 saturated carbocycles. The molecule has 0 unspecified atom stereocenters. The normalized spacial score (nSPS) is 20.4. The molecule has 1 saturated heterocycles. The molecule has 2 heterocycles. The number of morpholine rings is 1. The van der Waals surface area contributed by atoms with E-state index in [4.69, 9.17) is 14.2 Å². The minimum Gasteiger partial charge on any atom is -0.493 e. The van der Waals surface area contributed by atoms with Crippen molar-refractivity contribution in [1.82, 2.24) is 15.1 Å². The third-order valence-electron chi connectivity index (χ3n) is 4.39. The lowest BCUT2D eigenvalue weighted by atomic mass is 10.1. The Kier molecular flexibility index (Phi) is 4.94. The average molecular weight is 345 g/mol. The van der Waals surface area contributed by atoms with Crippen LogP contribution in [0.1, 0.15) is 24.3 Å². The molecule has 0 spiro atoms. The van der Waals surface area contributed by atoms with Crippen molar-refractivity contribution in [1.29, 1.82) is 0 Å². The fraction of sp³-hybridized carbons (Fsp3) is 0.444. The summed E-state index contributed by atoms with van der Waals surface area (Å²) in [4.78, 5) is 14.7. The lowest BCUT2D eigenvalue weighted by Gasteiger charge is -2.38. The van der Waals surface area contributed by atoms with Crippen molar-refractivity contribution in [2.24, 2.45) is 0 Å². The van der Waals surface area contributed by atoms with Crippen molar-refractivity contribution in [3.05, 3.63) is 30.0 Å². The number of carbonyl (C=O) groups is 1. The number of carbonyl (C=O) groups excluding carboxylic acids is 1. The minimum atomic E-state index is -0.0671. The average Bonchev–Trinajstić information content (AvgIpc) is 3.11. The Bertz CT molecular complexity index is 749. The quantitative estimate of drug-likeness (QED) is 0.920. The smallest absolute Gasteiger partial charge is 0.272 e. The minimum absolute atomic E-state index is 0.0316. The summed E-state index contributed by atoms with van der Waals surface area (Å²) in [5.41, 5.74) is 1.99. The first-order chi connectivity index (χ1) is 12.0. The van der Waals surface area contributed by atoms with E-state index in [1.807, 2.05) is 36.9 Å². The van der Waals surface area contributed by atoms with E-state index in [9.17, 15) is 4.79 Å². The number of nitrogens with one attached hydrogen (secondary N) is 1. The zero-order valence-corrected chi connectivity index (χ0v) is 14.9. The Hall–Kier alpha value is -2.54. The van der Waals surface area contributed by atoms with Crippen LogP contribution in [0.2, 0.25) is 0 Å². The molecule has 1 aromatic carbocycles. The van der Waals surface area contributed by atoms with Crippen LogP contribution in [0.4, 0.5) is 0 Å². The van der Waals surface area contributed by atoms with E-state index in [2.05, 4.69) is 10.2 Å². The molecule has 25 heavy (non-hydrogen) atoms. The van der Waals surface area contributed by atoms with E-state index < -0.39 is 0 Å². The highest BCUT2D eigenvalue weighted by molar-refractivity contribution is 5.94. The highest BCUT2D eigenvalue weighted by Crippen LogP contribution is 2.32. The number of H-pyrrole nitrogens is 1. The molecule has 7 nitrogen and oxygen atoms in total. The van der Waals surface area contributed by atoms with Gasteiger partial charge in [0.05, 0.1) is 45.2 Å². The number of rotatable bonds is 4. The molecule has 2 aromatic rings. The molecule has 1 aliphatic rings. The van der Waals surface area contributed by atoms with Gasteiger partial charge in [0.2, 0.25) is 0 Å². The monoisotopic (exact) mass is 345 g/mol. The van der Waals surface area contributed by atoms with Crippen LogP contribution in [0.3, 0.4) is 0 Å². The van der Waals surface area contributed by atoms with Gasteiger partial charge >= 0.3 is 0 Å². The van der Waals surface area contributed by atoms with Crippen LogP contribution in [0.5, 0.6) is 11.5 Å². The molecule has 0 bridgehead atoms. The first kappa shape index (κ1) is 17.3. The number of amides is 1. The second-order valence-electron chi connectivity index (χ2n) is 6.18. The summed E-state index contributed by atoms with van der Waals surface area (Å²) in [5, 5.41) is 7.14. The van der Waals surface area contributed by atoms with E-state index in [0.29, 0.717) is 36.1 Å². The third-order valence-corrected chi connectivity index (χ3v) is 4.39. The molecule has 1 N–H and O–H groups in total. The summed E-state index contributed by atoms with van der Waals surface area (Å²) in [7, 11) is 3.18. The maximum atomic E-state index is 12.8. The Morgan fingerprint density at radius 3 is 2.48 bits per heavy atom. The molecule has 0 aliphatic carbocycles. The second kappa shape index (κ2) is 7.14. The van der Waals surface area contributed by atoms with Crippen LogP contribution in [0.15, 0.2) is 24.3 Å². The summed E-state index contributed by atoms with van der Waals surface area (Å²) >= 11 is 0. The molecule has 2 atom stereocenters. The summed E-state index contributed by atoms with van der Waals surface area (Å²) < 4.78 is 16.1. The van der Waals surface area contributed by atoms with Gasteiger partial charge in [-0.15, -0.1) is 0 Å². The van der Waals surface area contributed by atoms with E-state index in [-0.39, 0.29) is 18.0 Å². The van der Waals surface area contributed by atoms with Crippen LogP contribution in [0.25, 0.3) is 11.3 Å². The number of benzene rings is 1. The molecule has 3 rings (SSSR count). The number of nitrogens with zero attached hydrogens (tertiary/aromatic N) is 2. The number of hydrogen-bond donors (Lipinski definition) is 1. The van der Waals surface area contributed by atoms with Crippen molar-refractivity contribution in [2.45, 2.75) is 25.9 Å². The summed E-state index contributed by atoms with van der Waals surface area (Å²) in [6.45, 7) is 5.07. The first-order valence-electron chi connectivity index (χ1n) is 8.23. The Morgan fingerprint density at radius 1 is 1.16 bits per heavy atom. The fourth-order valence-electron chi connectivity index (χ4n) is 3.12. The van der Waals surface area contributed by atoms with Crippen molar-refractivity contribution in [2.75, 3.05) is 27.4 Å². The first-order valence-corrected chi connectivity index (χ1v) is 8.23. The van der Waals surface area contributed by atoms with Gasteiger partial charge < -0.3 is 19.1 Å². The molecule has 134 valence electrons.